The van der Waals surface area contributed by atoms with E-state index in [9.17, 15) is 9.59 Å². The highest BCUT2D eigenvalue weighted by atomic mass is 16.3. The number of nitrogens with two attached hydrogens (primary N) is 1. The molecule has 2 aromatic heterocycles. The zero-order valence-electron chi connectivity index (χ0n) is 13.5. The van der Waals surface area contributed by atoms with Gasteiger partial charge in [-0.2, -0.15) is 0 Å². The van der Waals surface area contributed by atoms with Crippen molar-refractivity contribution in [2.45, 2.75) is 39.8 Å². The summed E-state index contributed by atoms with van der Waals surface area (Å²) in [6.07, 6.45) is 1.46. The number of rotatable bonds is 3. The molecule has 2 amide bonds. The minimum Gasteiger partial charge on any atom is -0.465 e. The molecule has 1 aliphatic heterocycles. The third-order valence-electron chi connectivity index (χ3n) is 4.14. The molecule has 2 aromatic rings. The topological polar surface area (TPSA) is 94.4 Å². The summed E-state index contributed by atoms with van der Waals surface area (Å²) in [4.78, 5) is 30.0. The Bertz CT molecular complexity index is 772. The summed E-state index contributed by atoms with van der Waals surface area (Å²) in [6.45, 7) is 7.21. The average Bonchev–Trinajstić information content (AvgIpc) is 3.09. The second-order valence-corrected chi connectivity index (χ2v) is 6.08. The molecule has 0 radical (unpaired) electrons. The number of nitrogens with zero attached hydrogens (tertiary/aromatic N) is 3. The summed E-state index contributed by atoms with van der Waals surface area (Å²) < 4.78 is 7.44. The van der Waals surface area contributed by atoms with Crippen LogP contribution in [0, 0.1) is 6.92 Å². The van der Waals surface area contributed by atoms with Gasteiger partial charge in [0.15, 0.2) is 0 Å². The first-order chi connectivity index (χ1) is 10.9. The molecule has 0 aliphatic carbocycles. The third kappa shape index (κ3) is 2.62. The molecule has 7 heteroatoms. The molecule has 3 heterocycles. The van der Waals surface area contributed by atoms with E-state index in [1.165, 1.54) is 6.20 Å². The van der Waals surface area contributed by atoms with Crippen molar-refractivity contribution >= 4 is 11.8 Å². The van der Waals surface area contributed by atoms with Crippen molar-refractivity contribution in [2.75, 3.05) is 6.54 Å². The van der Waals surface area contributed by atoms with E-state index in [1.54, 1.807) is 16.4 Å². The van der Waals surface area contributed by atoms with Crippen LogP contribution in [0.25, 0.3) is 0 Å². The molecule has 0 fully saturated rings. The van der Waals surface area contributed by atoms with Gasteiger partial charge in [0.1, 0.15) is 23.0 Å². The molecule has 23 heavy (non-hydrogen) atoms. The number of hydrogen-bond donors (Lipinski definition) is 1. The van der Waals surface area contributed by atoms with Gasteiger partial charge in [-0.3, -0.25) is 9.59 Å². The number of hydrogen-bond acceptors (Lipinski definition) is 4. The second kappa shape index (κ2) is 5.57. The van der Waals surface area contributed by atoms with Crippen LogP contribution in [0.1, 0.15) is 58.0 Å². The van der Waals surface area contributed by atoms with E-state index in [1.807, 2.05) is 19.9 Å². The average molecular weight is 316 g/mol. The monoisotopic (exact) mass is 316 g/mol. The lowest BCUT2D eigenvalue weighted by Gasteiger charge is -2.28. The molecule has 0 unspecified atom stereocenters. The largest absolute Gasteiger partial charge is 0.465 e. The predicted octanol–water partition coefficient (Wildman–Crippen LogP) is 1.66. The lowest BCUT2D eigenvalue weighted by molar-refractivity contribution is 0.0704. The molecule has 0 saturated carbocycles. The number of primary amides is 1. The number of furan rings is 1. The van der Waals surface area contributed by atoms with Gasteiger partial charge in [0.2, 0.25) is 0 Å². The Hall–Kier alpha value is -2.57. The molecule has 2 N–H and O–H groups in total. The number of fused-ring (bicyclic) bond motifs is 1. The van der Waals surface area contributed by atoms with Crippen LogP contribution in [-0.2, 0) is 13.1 Å². The van der Waals surface area contributed by atoms with Crippen molar-refractivity contribution in [3.63, 3.8) is 0 Å². The smallest absolute Gasteiger partial charge is 0.266 e. The van der Waals surface area contributed by atoms with E-state index in [2.05, 4.69) is 4.98 Å². The normalized spacial score (nSPS) is 14.2. The highest BCUT2D eigenvalue weighted by molar-refractivity contribution is 5.95. The molecular formula is C16H20N4O3. The van der Waals surface area contributed by atoms with Crippen LogP contribution in [0.3, 0.4) is 0 Å². The molecule has 7 nitrogen and oxygen atoms in total. The molecule has 1 aliphatic rings. The third-order valence-corrected chi connectivity index (χ3v) is 4.14. The molecule has 0 bridgehead atoms. The van der Waals surface area contributed by atoms with E-state index in [4.69, 9.17) is 10.2 Å². The van der Waals surface area contributed by atoms with E-state index in [-0.39, 0.29) is 11.8 Å². The molecule has 122 valence electrons. The fraction of sp³-hybridized carbons (Fsp3) is 0.438. The molecule has 0 atom stereocenters. The Morgan fingerprint density at radius 2 is 2.09 bits per heavy atom. The highest BCUT2D eigenvalue weighted by Crippen LogP contribution is 2.24. The van der Waals surface area contributed by atoms with Crippen molar-refractivity contribution in [1.82, 2.24) is 14.5 Å². The lowest BCUT2D eigenvalue weighted by atomic mass is 10.1. The Morgan fingerprint density at radius 3 is 2.70 bits per heavy atom. The zero-order chi connectivity index (χ0) is 16.7. The lowest BCUT2D eigenvalue weighted by Crippen LogP contribution is -2.39. The van der Waals surface area contributed by atoms with Gasteiger partial charge in [0, 0.05) is 19.0 Å². The number of imidazole rings is 1. The number of carbonyl (C=O) groups is 2. The standard InChI is InChI=1S/C16H20N4O3/c1-9(2)13-6-11(10(3)23-13)16(22)19-4-5-20-12(15(17)21)7-18-14(20)8-19/h6-7,9H,4-5,8H2,1-3H3,(H2,17,21). The van der Waals surface area contributed by atoms with Crippen molar-refractivity contribution < 1.29 is 14.0 Å². The maximum absolute atomic E-state index is 12.7. The fourth-order valence-electron chi connectivity index (χ4n) is 2.80. The van der Waals surface area contributed by atoms with Gasteiger partial charge < -0.3 is 19.6 Å². The van der Waals surface area contributed by atoms with E-state index in [0.29, 0.717) is 42.5 Å². The summed E-state index contributed by atoms with van der Waals surface area (Å²) in [5.74, 6) is 1.76. The van der Waals surface area contributed by atoms with Gasteiger partial charge >= 0.3 is 0 Å². The van der Waals surface area contributed by atoms with Gasteiger partial charge in [-0.1, -0.05) is 13.8 Å². The number of aryl methyl sites for hydroxylation is 1. The Balaban J connectivity index is 1.83. The Kier molecular flexibility index (Phi) is 3.71. The van der Waals surface area contributed by atoms with Crippen LogP contribution < -0.4 is 5.73 Å². The summed E-state index contributed by atoms with van der Waals surface area (Å²) in [7, 11) is 0. The SMILES string of the molecule is Cc1oc(C(C)C)cc1C(=O)N1CCn2c(C(N)=O)cnc2C1. The van der Waals surface area contributed by atoms with Crippen LogP contribution in [0.2, 0.25) is 0 Å². The van der Waals surface area contributed by atoms with Crippen molar-refractivity contribution in [2.24, 2.45) is 5.73 Å². The van der Waals surface area contributed by atoms with Crippen LogP contribution in [-0.4, -0.2) is 32.8 Å². The number of amides is 2. The van der Waals surface area contributed by atoms with Gasteiger partial charge in [-0.05, 0) is 13.0 Å². The number of carbonyl (C=O) groups excluding carboxylic acids is 2. The minimum absolute atomic E-state index is 0.0759. The van der Waals surface area contributed by atoms with Gasteiger partial charge in [0.05, 0.1) is 18.3 Å². The highest BCUT2D eigenvalue weighted by Gasteiger charge is 2.27. The number of aromatic nitrogens is 2. The second-order valence-electron chi connectivity index (χ2n) is 6.08. The van der Waals surface area contributed by atoms with Crippen molar-refractivity contribution in [1.29, 1.82) is 0 Å². The van der Waals surface area contributed by atoms with E-state index in [0.717, 1.165) is 5.76 Å². The van der Waals surface area contributed by atoms with Gasteiger partial charge in [0.25, 0.3) is 11.8 Å². The zero-order valence-corrected chi connectivity index (χ0v) is 13.5. The summed E-state index contributed by atoms with van der Waals surface area (Å²) in [5, 5.41) is 0. The maximum atomic E-state index is 12.7. The molecular weight excluding hydrogens is 296 g/mol. The first kappa shape index (κ1) is 15.3. The first-order valence-corrected chi connectivity index (χ1v) is 7.62. The summed E-state index contributed by atoms with van der Waals surface area (Å²) in [5.41, 5.74) is 6.30. The van der Waals surface area contributed by atoms with Crippen LogP contribution in [0.15, 0.2) is 16.7 Å². The van der Waals surface area contributed by atoms with E-state index >= 15 is 0 Å². The van der Waals surface area contributed by atoms with Gasteiger partial charge in [-0.25, -0.2) is 4.98 Å². The minimum atomic E-state index is -0.504. The summed E-state index contributed by atoms with van der Waals surface area (Å²) >= 11 is 0. The van der Waals surface area contributed by atoms with Crippen molar-refractivity contribution in [3.05, 3.63) is 40.9 Å². The van der Waals surface area contributed by atoms with Crippen LogP contribution in [0.4, 0.5) is 0 Å². The fourth-order valence-corrected chi connectivity index (χ4v) is 2.80. The quantitative estimate of drug-likeness (QED) is 0.931. The molecule has 0 aromatic carbocycles. The summed E-state index contributed by atoms with van der Waals surface area (Å²) in [6, 6.07) is 1.82. The van der Waals surface area contributed by atoms with Crippen LogP contribution in [0.5, 0.6) is 0 Å². The van der Waals surface area contributed by atoms with Crippen LogP contribution >= 0.6 is 0 Å². The Labute approximate surface area is 134 Å². The first-order valence-electron chi connectivity index (χ1n) is 7.62. The Morgan fingerprint density at radius 1 is 1.35 bits per heavy atom. The van der Waals surface area contributed by atoms with Gasteiger partial charge in [-0.15, -0.1) is 0 Å². The maximum Gasteiger partial charge on any atom is 0.266 e. The molecule has 0 saturated heterocycles. The van der Waals surface area contributed by atoms with E-state index < -0.39 is 5.91 Å². The van der Waals surface area contributed by atoms with Crippen molar-refractivity contribution in [3.8, 4) is 0 Å². The molecule has 0 spiro atoms. The predicted molar refractivity (Wildman–Crippen MR) is 83.0 cm³/mol. The molecule has 3 rings (SSSR count).